The summed E-state index contributed by atoms with van der Waals surface area (Å²) in [4.78, 5) is 0. The number of halogens is 3. The fourth-order valence-corrected chi connectivity index (χ4v) is 2.88. The molecule has 0 amide bonds. The molecule has 0 aromatic heterocycles. The Morgan fingerprint density at radius 1 is 1.16 bits per heavy atom. The average molecular weight is 401 g/mol. The van der Waals surface area contributed by atoms with Crippen LogP contribution in [0.5, 0.6) is 5.75 Å². The van der Waals surface area contributed by atoms with Crippen molar-refractivity contribution < 1.29 is 4.74 Å². The van der Waals surface area contributed by atoms with Gasteiger partial charge in [0.05, 0.1) is 16.1 Å². The monoisotopic (exact) mass is 399 g/mol. The van der Waals surface area contributed by atoms with E-state index in [4.69, 9.17) is 21.6 Å². The number of benzene rings is 2. The van der Waals surface area contributed by atoms with Crippen LogP contribution in [0.1, 0.15) is 11.1 Å². The molecule has 0 bridgehead atoms. The lowest BCUT2D eigenvalue weighted by molar-refractivity contribution is 0.304. The van der Waals surface area contributed by atoms with Gasteiger partial charge in [0, 0.05) is 15.1 Å². The zero-order valence-electron chi connectivity index (χ0n) is 9.66. The first-order valence-electron chi connectivity index (χ1n) is 5.36. The molecule has 0 aliphatic rings. The van der Waals surface area contributed by atoms with E-state index >= 15 is 0 Å². The molecule has 0 saturated carbocycles. The molecule has 2 nitrogen and oxygen atoms in total. The van der Waals surface area contributed by atoms with Gasteiger partial charge in [-0.1, -0.05) is 33.6 Å². The van der Waals surface area contributed by atoms with Crippen LogP contribution in [-0.2, 0) is 6.61 Å². The standard InChI is InChI=1S/C14H8Br2ClNO/c15-11-3-4-14(12(16)6-11)19-8-10-2-1-9(7-18)5-13(10)17/h1-6H,8H2. The second-order valence-corrected chi connectivity index (χ2v) is 5.96. The molecule has 0 unspecified atom stereocenters. The van der Waals surface area contributed by atoms with Crippen LogP contribution in [0, 0.1) is 11.3 Å². The van der Waals surface area contributed by atoms with Gasteiger partial charge < -0.3 is 4.74 Å². The number of nitrogens with zero attached hydrogens (tertiary/aromatic N) is 1. The molecule has 2 rings (SSSR count). The van der Waals surface area contributed by atoms with E-state index in [1.165, 1.54) is 0 Å². The highest BCUT2D eigenvalue weighted by molar-refractivity contribution is 9.11. The van der Waals surface area contributed by atoms with Crippen LogP contribution in [-0.4, -0.2) is 0 Å². The number of hydrogen-bond acceptors (Lipinski definition) is 2. The summed E-state index contributed by atoms with van der Waals surface area (Å²) in [6.45, 7) is 0.352. The van der Waals surface area contributed by atoms with Crippen molar-refractivity contribution in [2.24, 2.45) is 0 Å². The van der Waals surface area contributed by atoms with Gasteiger partial charge in [-0.15, -0.1) is 0 Å². The minimum absolute atomic E-state index is 0.352. The topological polar surface area (TPSA) is 33.0 Å². The van der Waals surface area contributed by atoms with Gasteiger partial charge in [0.25, 0.3) is 0 Å². The molecular weight excluding hydrogens is 393 g/mol. The zero-order valence-corrected chi connectivity index (χ0v) is 13.6. The summed E-state index contributed by atoms with van der Waals surface area (Å²) in [6.07, 6.45) is 0. The van der Waals surface area contributed by atoms with Crippen molar-refractivity contribution in [2.45, 2.75) is 6.61 Å². The van der Waals surface area contributed by atoms with Gasteiger partial charge in [0.1, 0.15) is 12.4 Å². The van der Waals surface area contributed by atoms with E-state index in [0.29, 0.717) is 17.2 Å². The lowest BCUT2D eigenvalue weighted by Gasteiger charge is -2.10. The van der Waals surface area contributed by atoms with Gasteiger partial charge in [0.2, 0.25) is 0 Å². The maximum absolute atomic E-state index is 8.77. The van der Waals surface area contributed by atoms with Crippen molar-refractivity contribution in [1.82, 2.24) is 0 Å². The van der Waals surface area contributed by atoms with Gasteiger partial charge in [-0.2, -0.15) is 5.26 Å². The Balaban J connectivity index is 2.13. The first-order chi connectivity index (χ1) is 9.10. The summed E-state index contributed by atoms with van der Waals surface area (Å²) in [5, 5.41) is 9.31. The molecule has 0 aliphatic carbocycles. The van der Waals surface area contributed by atoms with Crippen LogP contribution in [0.4, 0.5) is 0 Å². The Kier molecular flexibility index (Phi) is 4.87. The smallest absolute Gasteiger partial charge is 0.134 e. The Morgan fingerprint density at radius 2 is 1.95 bits per heavy atom. The summed E-state index contributed by atoms with van der Waals surface area (Å²) < 4.78 is 7.54. The normalized spacial score (nSPS) is 10.0. The molecule has 5 heteroatoms. The molecular formula is C14H8Br2ClNO. The third kappa shape index (κ3) is 3.73. The predicted octanol–water partition coefficient (Wildman–Crippen LogP) is 5.32. The summed E-state index contributed by atoms with van der Waals surface area (Å²) in [6, 6.07) is 12.9. The SMILES string of the molecule is N#Cc1ccc(COc2ccc(Br)cc2Br)c(Cl)c1. The molecule has 0 saturated heterocycles. The lowest BCUT2D eigenvalue weighted by atomic mass is 10.1. The Hall–Kier alpha value is -1.02. The average Bonchev–Trinajstić information content (AvgIpc) is 2.39. The molecule has 2 aromatic carbocycles. The van der Waals surface area contributed by atoms with Crippen LogP contribution in [0.2, 0.25) is 5.02 Å². The second kappa shape index (κ2) is 6.42. The summed E-state index contributed by atoms with van der Waals surface area (Å²) in [5.74, 6) is 0.739. The second-order valence-electron chi connectivity index (χ2n) is 3.78. The van der Waals surface area contributed by atoms with Crippen molar-refractivity contribution in [2.75, 3.05) is 0 Å². The minimum atomic E-state index is 0.352. The number of hydrogen-bond donors (Lipinski definition) is 0. The molecule has 2 aromatic rings. The largest absolute Gasteiger partial charge is 0.488 e. The van der Waals surface area contributed by atoms with Crippen molar-refractivity contribution in [3.05, 3.63) is 61.5 Å². The van der Waals surface area contributed by atoms with Gasteiger partial charge in [-0.05, 0) is 46.3 Å². The number of nitriles is 1. The predicted molar refractivity (Wildman–Crippen MR) is 82.3 cm³/mol. The van der Waals surface area contributed by atoms with E-state index < -0.39 is 0 Å². The number of ether oxygens (including phenoxy) is 1. The fraction of sp³-hybridized carbons (Fsp3) is 0.0714. The Bertz CT molecular complexity index is 652. The van der Waals surface area contributed by atoms with Gasteiger partial charge in [0.15, 0.2) is 0 Å². The molecule has 0 N–H and O–H groups in total. The molecule has 96 valence electrons. The quantitative estimate of drug-likeness (QED) is 0.698. The van der Waals surface area contributed by atoms with Crippen LogP contribution in [0.3, 0.4) is 0 Å². The van der Waals surface area contributed by atoms with Crippen molar-refractivity contribution >= 4 is 43.5 Å². The van der Waals surface area contributed by atoms with E-state index in [-0.39, 0.29) is 0 Å². The van der Waals surface area contributed by atoms with Crippen molar-refractivity contribution in [3.8, 4) is 11.8 Å². The fourth-order valence-electron chi connectivity index (χ4n) is 1.48. The van der Waals surface area contributed by atoms with E-state index in [0.717, 1.165) is 20.3 Å². The van der Waals surface area contributed by atoms with Crippen molar-refractivity contribution in [1.29, 1.82) is 5.26 Å². The molecule has 0 aliphatic heterocycles. The molecule has 0 spiro atoms. The zero-order chi connectivity index (χ0) is 13.8. The highest BCUT2D eigenvalue weighted by atomic mass is 79.9. The van der Waals surface area contributed by atoms with Crippen LogP contribution < -0.4 is 4.74 Å². The van der Waals surface area contributed by atoms with E-state index in [1.807, 2.05) is 24.3 Å². The minimum Gasteiger partial charge on any atom is -0.488 e. The van der Waals surface area contributed by atoms with Crippen LogP contribution in [0.25, 0.3) is 0 Å². The molecule has 0 atom stereocenters. The third-order valence-corrected chi connectivity index (χ3v) is 3.92. The molecule has 19 heavy (non-hydrogen) atoms. The van der Waals surface area contributed by atoms with E-state index in [9.17, 15) is 0 Å². The first-order valence-corrected chi connectivity index (χ1v) is 7.33. The Labute approximate surface area is 133 Å². The van der Waals surface area contributed by atoms with Gasteiger partial charge in [-0.3, -0.25) is 0 Å². The van der Waals surface area contributed by atoms with Gasteiger partial charge >= 0.3 is 0 Å². The van der Waals surface area contributed by atoms with Crippen LogP contribution >= 0.6 is 43.5 Å². The summed E-state index contributed by atoms with van der Waals surface area (Å²) in [7, 11) is 0. The van der Waals surface area contributed by atoms with Crippen LogP contribution in [0.15, 0.2) is 45.3 Å². The highest BCUT2D eigenvalue weighted by Gasteiger charge is 2.05. The molecule has 0 radical (unpaired) electrons. The highest BCUT2D eigenvalue weighted by Crippen LogP contribution is 2.29. The van der Waals surface area contributed by atoms with E-state index in [1.54, 1.807) is 18.2 Å². The molecule has 0 heterocycles. The first kappa shape index (κ1) is 14.4. The van der Waals surface area contributed by atoms with Crippen molar-refractivity contribution in [3.63, 3.8) is 0 Å². The maximum Gasteiger partial charge on any atom is 0.134 e. The van der Waals surface area contributed by atoms with Gasteiger partial charge in [-0.25, -0.2) is 0 Å². The Morgan fingerprint density at radius 3 is 2.58 bits per heavy atom. The lowest BCUT2D eigenvalue weighted by Crippen LogP contribution is -1.97. The third-order valence-electron chi connectivity index (χ3n) is 2.46. The van der Waals surface area contributed by atoms with E-state index in [2.05, 4.69) is 31.9 Å². The summed E-state index contributed by atoms with van der Waals surface area (Å²) in [5.41, 5.74) is 1.38. The summed E-state index contributed by atoms with van der Waals surface area (Å²) >= 11 is 12.9. The molecule has 0 fully saturated rings. The number of rotatable bonds is 3. The maximum atomic E-state index is 8.77.